The third-order valence-electron chi connectivity index (χ3n) is 2.45. The van der Waals surface area contributed by atoms with Gasteiger partial charge >= 0.3 is 0 Å². The summed E-state index contributed by atoms with van der Waals surface area (Å²) >= 11 is 0. The van der Waals surface area contributed by atoms with Gasteiger partial charge in [0.1, 0.15) is 5.75 Å². The molecular formula is C13H21ClN2O2. The van der Waals surface area contributed by atoms with E-state index >= 15 is 0 Å². The molecule has 4 nitrogen and oxygen atoms in total. The fraction of sp³-hybridized carbons (Fsp3) is 0.462. The zero-order valence-electron chi connectivity index (χ0n) is 11.0. The second kappa shape index (κ2) is 8.78. The Bertz CT molecular complexity index is 355. The lowest BCUT2D eigenvalue weighted by Crippen LogP contribution is -2.38. The first-order valence-corrected chi connectivity index (χ1v) is 5.85. The molecule has 5 heteroatoms. The molecule has 0 saturated heterocycles. The van der Waals surface area contributed by atoms with Gasteiger partial charge in [-0.2, -0.15) is 0 Å². The van der Waals surface area contributed by atoms with Crippen LogP contribution in [0.1, 0.15) is 20.3 Å². The summed E-state index contributed by atoms with van der Waals surface area (Å²) in [5.41, 5.74) is 0.779. The van der Waals surface area contributed by atoms with Crippen LogP contribution in [0.25, 0.3) is 0 Å². The highest BCUT2D eigenvalue weighted by Gasteiger charge is 2.11. The van der Waals surface area contributed by atoms with E-state index in [-0.39, 0.29) is 24.4 Å². The van der Waals surface area contributed by atoms with Gasteiger partial charge in [0.15, 0.2) is 0 Å². The van der Waals surface area contributed by atoms with E-state index < -0.39 is 0 Å². The molecule has 0 bridgehead atoms. The summed E-state index contributed by atoms with van der Waals surface area (Å²) < 4.78 is 5.05. The number of carbonyl (C=O) groups is 1. The number of benzene rings is 1. The third kappa shape index (κ3) is 5.38. The molecule has 0 spiro atoms. The van der Waals surface area contributed by atoms with Crippen LogP contribution in [-0.2, 0) is 4.79 Å². The summed E-state index contributed by atoms with van der Waals surface area (Å²) in [6.07, 6.45) is 1.01. The standard InChI is InChI=1S/C13H20N2O2.ClH/c1-4-9-14-10(2)13(16)15-11-5-7-12(17-3)8-6-11;/h5-8,10,14H,4,9H2,1-3H3,(H,15,16);1H. The van der Waals surface area contributed by atoms with Crippen LogP contribution >= 0.6 is 12.4 Å². The topological polar surface area (TPSA) is 50.4 Å². The quantitative estimate of drug-likeness (QED) is 0.836. The Balaban J connectivity index is 0.00000289. The highest BCUT2D eigenvalue weighted by Crippen LogP contribution is 2.14. The maximum atomic E-state index is 11.8. The first-order chi connectivity index (χ1) is 8.17. The first kappa shape index (κ1) is 16.7. The number of hydrogen-bond acceptors (Lipinski definition) is 3. The van der Waals surface area contributed by atoms with Crippen molar-refractivity contribution in [1.82, 2.24) is 5.32 Å². The first-order valence-electron chi connectivity index (χ1n) is 5.85. The number of hydrogen-bond donors (Lipinski definition) is 2. The highest BCUT2D eigenvalue weighted by molar-refractivity contribution is 5.94. The van der Waals surface area contributed by atoms with Gasteiger partial charge < -0.3 is 15.4 Å². The van der Waals surface area contributed by atoms with Crippen LogP contribution in [0.15, 0.2) is 24.3 Å². The zero-order valence-corrected chi connectivity index (χ0v) is 11.8. The Kier molecular flexibility index (Phi) is 8.16. The molecule has 102 valence electrons. The summed E-state index contributed by atoms with van der Waals surface area (Å²) in [4.78, 5) is 11.8. The summed E-state index contributed by atoms with van der Waals surface area (Å²) in [7, 11) is 1.62. The third-order valence-corrected chi connectivity index (χ3v) is 2.45. The van der Waals surface area contributed by atoms with Gasteiger partial charge in [-0.15, -0.1) is 12.4 Å². The number of rotatable bonds is 6. The number of nitrogens with one attached hydrogen (secondary N) is 2. The van der Waals surface area contributed by atoms with Crippen molar-refractivity contribution >= 4 is 24.0 Å². The van der Waals surface area contributed by atoms with Crippen molar-refractivity contribution in [2.24, 2.45) is 0 Å². The molecule has 0 aliphatic carbocycles. The maximum absolute atomic E-state index is 11.8. The molecule has 0 aromatic heterocycles. The number of amides is 1. The van der Waals surface area contributed by atoms with Crippen molar-refractivity contribution in [3.05, 3.63) is 24.3 Å². The van der Waals surface area contributed by atoms with Crippen molar-refractivity contribution in [2.75, 3.05) is 19.0 Å². The monoisotopic (exact) mass is 272 g/mol. The van der Waals surface area contributed by atoms with Gasteiger partial charge in [-0.25, -0.2) is 0 Å². The van der Waals surface area contributed by atoms with Crippen LogP contribution in [-0.4, -0.2) is 25.6 Å². The predicted octanol–water partition coefficient (Wildman–Crippen LogP) is 2.44. The normalized spacial score (nSPS) is 11.3. The molecule has 1 atom stereocenters. The lowest BCUT2D eigenvalue weighted by atomic mass is 10.2. The van der Waals surface area contributed by atoms with Gasteiger partial charge in [-0.3, -0.25) is 4.79 Å². The van der Waals surface area contributed by atoms with Crippen molar-refractivity contribution in [1.29, 1.82) is 0 Å². The van der Waals surface area contributed by atoms with Gasteiger partial charge in [0, 0.05) is 5.69 Å². The number of carbonyl (C=O) groups excluding carboxylic acids is 1. The summed E-state index contributed by atoms with van der Waals surface area (Å²) in [5.74, 6) is 0.753. The SMILES string of the molecule is CCCNC(C)C(=O)Nc1ccc(OC)cc1.Cl. The number of ether oxygens (including phenoxy) is 1. The fourth-order valence-corrected chi connectivity index (χ4v) is 1.38. The molecule has 2 N–H and O–H groups in total. The minimum absolute atomic E-state index is 0. The van der Waals surface area contributed by atoms with E-state index in [1.54, 1.807) is 7.11 Å². The minimum atomic E-state index is -0.183. The molecule has 1 aromatic carbocycles. The van der Waals surface area contributed by atoms with Crippen LogP contribution in [0.2, 0.25) is 0 Å². The van der Waals surface area contributed by atoms with E-state index in [9.17, 15) is 4.79 Å². The molecule has 1 aromatic rings. The van der Waals surface area contributed by atoms with E-state index in [2.05, 4.69) is 17.6 Å². The largest absolute Gasteiger partial charge is 0.497 e. The van der Waals surface area contributed by atoms with Gasteiger partial charge in [0.05, 0.1) is 13.2 Å². The number of anilines is 1. The minimum Gasteiger partial charge on any atom is -0.497 e. The average Bonchev–Trinajstić information content (AvgIpc) is 2.36. The molecular weight excluding hydrogens is 252 g/mol. The molecule has 1 amide bonds. The van der Waals surface area contributed by atoms with Crippen molar-refractivity contribution in [2.45, 2.75) is 26.3 Å². The molecule has 0 aliphatic heterocycles. The Morgan fingerprint density at radius 2 is 1.94 bits per heavy atom. The van der Waals surface area contributed by atoms with Gasteiger partial charge in [0.25, 0.3) is 0 Å². The molecule has 0 fully saturated rings. The lowest BCUT2D eigenvalue weighted by Gasteiger charge is -2.13. The summed E-state index contributed by atoms with van der Waals surface area (Å²) in [6, 6.07) is 7.10. The van der Waals surface area contributed by atoms with Crippen LogP contribution in [0.5, 0.6) is 5.75 Å². The molecule has 0 heterocycles. The molecule has 1 unspecified atom stereocenters. The van der Waals surface area contributed by atoms with Crippen molar-refractivity contribution < 1.29 is 9.53 Å². The predicted molar refractivity (Wildman–Crippen MR) is 76.6 cm³/mol. The second-order valence-electron chi connectivity index (χ2n) is 3.89. The maximum Gasteiger partial charge on any atom is 0.241 e. The van der Waals surface area contributed by atoms with Gasteiger partial charge in [-0.05, 0) is 44.2 Å². The Morgan fingerprint density at radius 1 is 1.33 bits per heavy atom. The van der Waals surface area contributed by atoms with Crippen LogP contribution in [0.3, 0.4) is 0 Å². The molecule has 0 aliphatic rings. The Labute approximate surface area is 115 Å². The van der Waals surface area contributed by atoms with Gasteiger partial charge in [0.2, 0.25) is 5.91 Å². The van der Waals surface area contributed by atoms with Crippen molar-refractivity contribution in [3.8, 4) is 5.75 Å². The molecule has 0 saturated carbocycles. The zero-order chi connectivity index (χ0) is 12.7. The van der Waals surface area contributed by atoms with E-state index in [4.69, 9.17) is 4.74 Å². The fourth-order valence-electron chi connectivity index (χ4n) is 1.38. The van der Waals surface area contributed by atoms with Crippen LogP contribution in [0.4, 0.5) is 5.69 Å². The highest BCUT2D eigenvalue weighted by atomic mass is 35.5. The second-order valence-corrected chi connectivity index (χ2v) is 3.89. The van der Waals surface area contributed by atoms with Gasteiger partial charge in [-0.1, -0.05) is 6.92 Å². The molecule has 0 radical (unpaired) electrons. The Morgan fingerprint density at radius 3 is 2.44 bits per heavy atom. The van der Waals surface area contributed by atoms with E-state index in [0.29, 0.717) is 0 Å². The number of methoxy groups -OCH3 is 1. The summed E-state index contributed by atoms with van der Waals surface area (Å²) in [5, 5.41) is 5.98. The lowest BCUT2D eigenvalue weighted by molar-refractivity contribution is -0.117. The van der Waals surface area contributed by atoms with Crippen molar-refractivity contribution in [3.63, 3.8) is 0 Å². The smallest absolute Gasteiger partial charge is 0.241 e. The average molecular weight is 273 g/mol. The number of halogens is 1. The summed E-state index contributed by atoms with van der Waals surface area (Å²) in [6.45, 7) is 4.77. The van der Waals surface area contributed by atoms with Crippen LogP contribution < -0.4 is 15.4 Å². The van der Waals surface area contributed by atoms with E-state index in [1.165, 1.54) is 0 Å². The molecule has 18 heavy (non-hydrogen) atoms. The Hall–Kier alpha value is -1.26. The van der Waals surface area contributed by atoms with Crippen LogP contribution in [0, 0.1) is 0 Å². The van der Waals surface area contributed by atoms with E-state index in [0.717, 1.165) is 24.4 Å². The molecule has 1 rings (SSSR count). The van der Waals surface area contributed by atoms with E-state index in [1.807, 2.05) is 31.2 Å².